The van der Waals surface area contributed by atoms with E-state index in [9.17, 15) is 32.7 Å². The number of halogens is 3. The van der Waals surface area contributed by atoms with Gasteiger partial charge >= 0.3 is 11.9 Å². The van der Waals surface area contributed by atoms with Crippen molar-refractivity contribution in [3.05, 3.63) is 83.2 Å². The Labute approximate surface area is 272 Å². The van der Waals surface area contributed by atoms with Crippen LogP contribution in [0.4, 0.5) is 13.2 Å². The predicted molar refractivity (Wildman–Crippen MR) is 170 cm³/mol. The fourth-order valence-corrected chi connectivity index (χ4v) is 6.02. The number of allylic oxidation sites excluding steroid dienone is 2. The molecule has 1 heterocycles. The molecule has 11 heteroatoms. The molecule has 1 saturated heterocycles. The molecule has 0 radical (unpaired) electrons. The number of hydrogen-bond donors (Lipinski definition) is 2. The van der Waals surface area contributed by atoms with Gasteiger partial charge in [-0.2, -0.15) is 0 Å². The van der Waals surface area contributed by atoms with Crippen molar-refractivity contribution in [3.8, 4) is 5.75 Å². The summed E-state index contributed by atoms with van der Waals surface area (Å²) in [5.74, 6) is -5.14. The molecule has 2 aliphatic rings. The zero-order valence-electron chi connectivity index (χ0n) is 26.4. The number of benzene rings is 2. The molecule has 0 spiro atoms. The highest BCUT2D eigenvalue weighted by atomic mass is 19.3. The lowest BCUT2D eigenvalue weighted by molar-refractivity contribution is -0.152. The number of carbonyl (C=O) groups excluding carboxylic acids is 1. The summed E-state index contributed by atoms with van der Waals surface area (Å²) in [4.78, 5) is 36.9. The fraction of sp³-hybridized carbons (Fsp3) is 0.472. The molecule has 2 aromatic carbocycles. The van der Waals surface area contributed by atoms with Gasteiger partial charge in [-0.3, -0.25) is 14.4 Å². The summed E-state index contributed by atoms with van der Waals surface area (Å²) in [6.07, 6.45) is 9.06. The van der Waals surface area contributed by atoms with Gasteiger partial charge < -0.3 is 24.6 Å². The zero-order valence-corrected chi connectivity index (χ0v) is 26.4. The molecule has 1 aliphatic heterocycles. The van der Waals surface area contributed by atoms with E-state index < -0.39 is 48.2 Å². The minimum absolute atomic E-state index is 0.0154. The Morgan fingerprint density at radius 2 is 1.66 bits per heavy atom. The molecule has 2 N–H and O–H groups in total. The largest absolute Gasteiger partial charge is 0.493 e. The highest BCUT2D eigenvalue weighted by Crippen LogP contribution is 2.37. The number of ether oxygens (including phenoxy) is 2. The molecule has 0 aromatic heterocycles. The third kappa shape index (κ3) is 10.4. The predicted octanol–water partition coefficient (Wildman–Crippen LogP) is 6.86. The van der Waals surface area contributed by atoms with Gasteiger partial charge in [-0.1, -0.05) is 49.3 Å². The smallest absolute Gasteiger partial charge is 0.303 e. The van der Waals surface area contributed by atoms with Crippen molar-refractivity contribution in [2.75, 3.05) is 26.3 Å². The van der Waals surface area contributed by atoms with Crippen molar-refractivity contribution in [1.82, 2.24) is 4.90 Å². The van der Waals surface area contributed by atoms with Crippen molar-refractivity contribution in [2.45, 2.75) is 82.2 Å². The number of nitrogens with zero attached hydrogens (tertiary/aromatic N) is 1. The van der Waals surface area contributed by atoms with Gasteiger partial charge in [-0.15, -0.1) is 0 Å². The second-order valence-corrected chi connectivity index (χ2v) is 12.1. The van der Waals surface area contributed by atoms with E-state index in [1.807, 2.05) is 12.1 Å². The van der Waals surface area contributed by atoms with Gasteiger partial charge in [0.2, 0.25) is 0 Å². The normalized spacial score (nSPS) is 18.6. The van der Waals surface area contributed by atoms with Gasteiger partial charge in [0.1, 0.15) is 11.6 Å². The lowest BCUT2D eigenvalue weighted by Crippen LogP contribution is -2.50. The Morgan fingerprint density at radius 1 is 0.894 bits per heavy atom. The topological polar surface area (TPSA) is 113 Å². The van der Waals surface area contributed by atoms with E-state index in [1.165, 1.54) is 12.1 Å². The number of likely N-dealkylation sites (tertiary alicyclic amines) is 1. The van der Waals surface area contributed by atoms with Crippen LogP contribution in [0.25, 0.3) is 5.57 Å². The Morgan fingerprint density at radius 3 is 2.38 bits per heavy atom. The zero-order chi connectivity index (χ0) is 33.9. The number of rotatable bonds is 18. The molecule has 1 atom stereocenters. The lowest BCUT2D eigenvalue weighted by Gasteiger charge is -2.36. The number of aliphatic carboxylic acids is 2. The van der Waals surface area contributed by atoms with Crippen LogP contribution in [0.2, 0.25) is 0 Å². The first-order valence-corrected chi connectivity index (χ1v) is 16.1. The van der Waals surface area contributed by atoms with E-state index in [1.54, 1.807) is 36.4 Å². The number of aryl methyl sites for hydroxylation is 1. The van der Waals surface area contributed by atoms with Crippen molar-refractivity contribution < 1.29 is 47.2 Å². The van der Waals surface area contributed by atoms with Crippen LogP contribution in [0.3, 0.4) is 0 Å². The molecule has 1 unspecified atom stereocenters. The van der Waals surface area contributed by atoms with Crippen molar-refractivity contribution in [3.63, 3.8) is 0 Å². The molecule has 8 nitrogen and oxygen atoms in total. The van der Waals surface area contributed by atoms with Crippen LogP contribution in [0.15, 0.2) is 60.7 Å². The molecule has 254 valence electrons. The Hall–Kier alpha value is -4.12. The maximum absolute atomic E-state index is 14.0. The summed E-state index contributed by atoms with van der Waals surface area (Å²) >= 11 is 0. The van der Waals surface area contributed by atoms with Crippen molar-refractivity contribution in [2.24, 2.45) is 0 Å². The molecule has 2 aromatic rings. The molecule has 1 amide bonds. The third-order valence-corrected chi connectivity index (χ3v) is 8.44. The lowest BCUT2D eigenvalue weighted by atomic mass is 9.85. The number of unbranched alkanes of at least 4 members (excludes halogenated alkanes) is 3. The number of hydrogen-bond acceptors (Lipinski definition) is 5. The SMILES string of the molecule is O=C(O)CCCOc1cccc(CCCCCCOC2(C(=O)N3CCC(F)(F)C3)C=CC=C(c3cccc(F)c3)C2)c1CCC(=O)O. The van der Waals surface area contributed by atoms with Crippen LogP contribution in [0.5, 0.6) is 5.75 Å². The molecular formula is C36H42F3NO7. The quantitative estimate of drug-likeness (QED) is 0.169. The number of amides is 1. The number of alkyl halides is 2. The standard InChI is InChI=1S/C36H42F3NO7/c37-29-13-5-11-27(23-29)28-12-7-18-35(24-28,34(45)40-20-19-36(38,39)25-40)47-22-4-2-1-3-9-26-10-6-14-31(30(26)16-17-33(43)44)46-21-8-15-32(41)42/h5-7,10-14,18,23H,1-4,8-9,15-17,19-22,24-25H2,(H,41,42)(H,43,44). The molecule has 47 heavy (non-hydrogen) atoms. The Balaban J connectivity index is 1.33. The van der Waals surface area contributed by atoms with Crippen LogP contribution in [-0.4, -0.2) is 70.8 Å². The van der Waals surface area contributed by atoms with E-state index in [0.29, 0.717) is 42.6 Å². The molecule has 0 bridgehead atoms. The highest BCUT2D eigenvalue weighted by Gasteiger charge is 2.48. The summed E-state index contributed by atoms with van der Waals surface area (Å²) in [5, 5.41) is 18.1. The van der Waals surface area contributed by atoms with Crippen LogP contribution in [0.1, 0.15) is 74.5 Å². The van der Waals surface area contributed by atoms with Gasteiger partial charge in [-0.05, 0) is 78.6 Å². The van der Waals surface area contributed by atoms with Crippen LogP contribution >= 0.6 is 0 Å². The van der Waals surface area contributed by atoms with Crippen molar-refractivity contribution >= 4 is 23.4 Å². The number of carboxylic acids is 2. The van der Waals surface area contributed by atoms with Gasteiger partial charge in [0.25, 0.3) is 11.8 Å². The first kappa shape index (κ1) is 35.7. The first-order valence-electron chi connectivity index (χ1n) is 16.1. The van der Waals surface area contributed by atoms with E-state index in [-0.39, 0.29) is 39.0 Å². The molecule has 1 fully saturated rings. The number of carboxylic acid groups (broad SMARTS) is 2. The second-order valence-electron chi connectivity index (χ2n) is 12.1. The maximum Gasteiger partial charge on any atom is 0.303 e. The summed E-state index contributed by atoms with van der Waals surface area (Å²) in [5.41, 5.74) is 1.60. The van der Waals surface area contributed by atoms with Gasteiger partial charge in [0.05, 0.1) is 13.2 Å². The maximum atomic E-state index is 14.0. The summed E-state index contributed by atoms with van der Waals surface area (Å²) in [7, 11) is 0. The summed E-state index contributed by atoms with van der Waals surface area (Å²) < 4.78 is 54.1. The Bertz CT molecular complexity index is 1470. The minimum Gasteiger partial charge on any atom is -0.493 e. The Kier molecular flexibility index (Phi) is 12.6. The van der Waals surface area contributed by atoms with Crippen molar-refractivity contribution in [1.29, 1.82) is 0 Å². The minimum atomic E-state index is -2.95. The van der Waals surface area contributed by atoms with Gasteiger partial charge in [-0.25, -0.2) is 13.2 Å². The first-order chi connectivity index (χ1) is 22.5. The van der Waals surface area contributed by atoms with Crippen LogP contribution in [-0.2, 0) is 32.0 Å². The average Bonchev–Trinajstić information content (AvgIpc) is 3.40. The average molecular weight is 658 g/mol. The van der Waals surface area contributed by atoms with Gasteiger partial charge in [0.15, 0.2) is 5.60 Å². The van der Waals surface area contributed by atoms with E-state index in [2.05, 4.69) is 0 Å². The highest BCUT2D eigenvalue weighted by molar-refractivity contribution is 5.91. The summed E-state index contributed by atoms with van der Waals surface area (Å²) in [6.45, 7) is -0.283. The molecule has 1 aliphatic carbocycles. The molecule has 4 rings (SSSR count). The fourth-order valence-electron chi connectivity index (χ4n) is 6.02. The summed E-state index contributed by atoms with van der Waals surface area (Å²) in [6, 6.07) is 11.6. The molecular weight excluding hydrogens is 615 g/mol. The van der Waals surface area contributed by atoms with E-state index in [4.69, 9.17) is 14.6 Å². The molecule has 0 saturated carbocycles. The van der Waals surface area contributed by atoms with Gasteiger partial charge in [0, 0.05) is 38.8 Å². The van der Waals surface area contributed by atoms with Crippen LogP contribution < -0.4 is 4.74 Å². The van der Waals surface area contributed by atoms with E-state index in [0.717, 1.165) is 35.3 Å². The number of carbonyl (C=O) groups is 3. The van der Waals surface area contributed by atoms with Crippen LogP contribution in [0, 0.1) is 5.82 Å². The second kappa shape index (κ2) is 16.6. The third-order valence-electron chi connectivity index (χ3n) is 8.44. The van der Waals surface area contributed by atoms with E-state index >= 15 is 0 Å². The monoisotopic (exact) mass is 657 g/mol.